The van der Waals surface area contributed by atoms with Crippen LogP contribution in [-0.2, 0) is 16.1 Å². The molecule has 9 heteroatoms. The number of hydrogen-bond acceptors (Lipinski definition) is 6. The molecule has 136 valence electrons. The van der Waals surface area contributed by atoms with Crippen LogP contribution in [0.25, 0.3) is 11.3 Å². The second-order valence-electron chi connectivity index (χ2n) is 6.35. The number of nitrogens with zero attached hydrogens (tertiary/aromatic N) is 3. The molecule has 4 amide bonds. The molecule has 2 aliphatic rings. The molecule has 1 aromatic carbocycles. The summed E-state index contributed by atoms with van der Waals surface area (Å²) in [5, 5.41) is 2.27. The fourth-order valence-corrected chi connectivity index (χ4v) is 3.52. The average Bonchev–Trinajstić information content (AvgIpc) is 2.98. The molecule has 0 spiro atoms. The third kappa shape index (κ3) is 2.73. The molecule has 2 aromatic rings. The molecule has 27 heavy (non-hydrogen) atoms. The summed E-state index contributed by atoms with van der Waals surface area (Å²) in [4.78, 5) is 57.8. The van der Waals surface area contributed by atoms with Crippen molar-refractivity contribution in [2.75, 3.05) is 0 Å². The number of hydrogen-bond donors (Lipinski definition) is 2. The van der Waals surface area contributed by atoms with Gasteiger partial charge in [0.15, 0.2) is 5.69 Å². The van der Waals surface area contributed by atoms with Crippen LogP contribution in [0.2, 0.25) is 0 Å². The molecule has 0 bridgehead atoms. The normalized spacial score (nSPS) is 19.0. The Balaban J connectivity index is 1.75. The highest BCUT2D eigenvalue weighted by Gasteiger charge is 2.40. The van der Waals surface area contributed by atoms with Crippen molar-refractivity contribution in [2.24, 2.45) is 5.73 Å². The summed E-state index contributed by atoms with van der Waals surface area (Å²) in [5.74, 6) is -1.84. The first-order chi connectivity index (χ1) is 13.0. The maximum absolute atomic E-state index is 12.9. The molecule has 1 saturated heterocycles. The summed E-state index contributed by atoms with van der Waals surface area (Å²) < 4.78 is 0. The second kappa shape index (κ2) is 6.27. The van der Waals surface area contributed by atoms with Crippen molar-refractivity contribution in [3.05, 3.63) is 47.4 Å². The number of primary amides is 1. The number of aromatic nitrogens is 2. The minimum atomic E-state index is -0.720. The smallest absolute Gasteiger partial charge is 0.269 e. The summed E-state index contributed by atoms with van der Waals surface area (Å²) in [6.45, 7) is 0.172. The first-order valence-corrected chi connectivity index (χ1v) is 8.35. The van der Waals surface area contributed by atoms with E-state index in [1.807, 2.05) is 0 Å². The van der Waals surface area contributed by atoms with Gasteiger partial charge in [-0.05, 0) is 18.1 Å². The molecule has 2 aliphatic heterocycles. The van der Waals surface area contributed by atoms with E-state index >= 15 is 0 Å². The number of nitrogens with one attached hydrogen (secondary N) is 1. The van der Waals surface area contributed by atoms with Gasteiger partial charge in [-0.2, -0.15) is 0 Å². The van der Waals surface area contributed by atoms with Crippen LogP contribution in [0.4, 0.5) is 0 Å². The van der Waals surface area contributed by atoms with Gasteiger partial charge in [0, 0.05) is 36.5 Å². The van der Waals surface area contributed by atoms with Gasteiger partial charge in [-0.1, -0.05) is 12.1 Å². The lowest BCUT2D eigenvalue weighted by Gasteiger charge is -2.29. The van der Waals surface area contributed by atoms with Crippen molar-refractivity contribution in [2.45, 2.75) is 25.4 Å². The minimum absolute atomic E-state index is 0.0119. The van der Waals surface area contributed by atoms with E-state index in [1.165, 1.54) is 17.3 Å². The zero-order chi connectivity index (χ0) is 19.1. The van der Waals surface area contributed by atoms with Gasteiger partial charge in [0.25, 0.3) is 11.8 Å². The summed E-state index contributed by atoms with van der Waals surface area (Å²) >= 11 is 0. The molecule has 1 unspecified atom stereocenters. The number of imide groups is 1. The highest BCUT2D eigenvalue weighted by atomic mass is 16.2. The zero-order valence-electron chi connectivity index (χ0n) is 14.1. The zero-order valence-corrected chi connectivity index (χ0v) is 14.1. The lowest BCUT2D eigenvalue weighted by Crippen LogP contribution is -2.52. The molecule has 0 saturated carbocycles. The molecule has 1 atom stereocenters. The van der Waals surface area contributed by atoms with E-state index in [4.69, 9.17) is 5.73 Å². The maximum atomic E-state index is 12.9. The molecule has 1 aromatic heterocycles. The molecule has 0 radical (unpaired) electrons. The SMILES string of the molecule is NC(=O)c1nccnc1-c1cccc2c1CN(C1CCC(=O)NC1=O)C2=O. The van der Waals surface area contributed by atoms with Crippen LogP contribution < -0.4 is 11.1 Å². The van der Waals surface area contributed by atoms with Crippen molar-refractivity contribution >= 4 is 23.6 Å². The van der Waals surface area contributed by atoms with Crippen molar-refractivity contribution in [1.29, 1.82) is 0 Å². The van der Waals surface area contributed by atoms with E-state index < -0.39 is 17.9 Å². The lowest BCUT2D eigenvalue weighted by molar-refractivity contribution is -0.136. The summed E-state index contributed by atoms with van der Waals surface area (Å²) in [6, 6.07) is 4.36. The number of piperidine rings is 1. The van der Waals surface area contributed by atoms with Gasteiger partial charge >= 0.3 is 0 Å². The predicted octanol–water partition coefficient (Wildman–Crippen LogP) is 0.00350. The monoisotopic (exact) mass is 365 g/mol. The first kappa shape index (κ1) is 16.8. The van der Waals surface area contributed by atoms with Crippen molar-refractivity contribution < 1.29 is 19.2 Å². The van der Waals surface area contributed by atoms with E-state index in [0.717, 1.165) is 0 Å². The van der Waals surface area contributed by atoms with E-state index in [2.05, 4.69) is 15.3 Å². The summed E-state index contributed by atoms with van der Waals surface area (Å²) in [6.07, 6.45) is 3.26. The molecule has 3 heterocycles. The Kier molecular flexibility index (Phi) is 3.91. The Labute approximate surface area is 153 Å². The quantitative estimate of drug-likeness (QED) is 0.735. The number of carbonyl (C=O) groups excluding carboxylic acids is 4. The molecule has 0 aliphatic carbocycles. The van der Waals surface area contributed by atoms with Crippen LogP contribution >= 0.6 is 0 Å². The van der Waals surface area contributed by atoms with Crippen LogP contribution in [0, 0.1) is 0 Å². The van der Waals surface area contributed by atoms with E-state index in [1.54, 1.807) is 18.2 Å². The Morgan fingerprint density at radius 2 is 1.89 bits per heavy atom. The van der Waals surface area contributed by atoms with Crippen LogP contribution in [-0.4, -0.2) is 44.5 Å². The highest BCUT2D eigenvalue weighted by Crippen LogP contribution is 2.34. The predicted molar refractivity (Wildman–Crippen MR) is 92.0 cm³/mol. The first-order valence-electron chi connectivity index (χ1n) is 8.35. The van der Waals surface area contributed by atoms with Gasteiger partial charge in [-0.15, -0.1) is 0 Å². The van der Waals surface area contributed by atoms with Crippen LogP contribution in [0.3, 0.4) is 0 Å². The van der Waals surface area contributed by atoms with Crippen molar-refractivity contribution in [3.8, 4) is 11.3 Å². The standard InChI is InChI=1S/C18H15N5O4/c19-16(25)15-14(20-6-7-21-15)9-2-1-3-10-11(9)8-23(18(10)27)12-4-5-13(24)22-17(12)26/h1-3,6-7,12H,4-5,8H2,(H2,19,25)(H,22,24,26). The number of benzene rings is 1. The maximum Gasteiger partial charge on any atom is 0.269 e. The summed E-state index contributed by atoms with van der Waals surface area (Å²) in [7, 11) is 0. The van der Waals surface area contributed by atoms with E-state index in [9.17, 15) is 19.2 Å². The number of nitrogens with two attached hydrogens (primary N) is 1. The van der Waals surface area contributed by atoms with Crippen LogP contribution in [0.1, 0.15) is 39.3 Å². The Morgan fingerprint density at radius 3 is 2.63 bits per heavy atom. The van der Waals surface area contributed by atoms with Gasteiger partial charge in [0.2, 0.25) is 11.8 Å². The number of rotatable bonds is 3. The molecular weight excluding hydrogens is 350 g/mol. The van der Waals surface area contributed by atoms with Gasteiger partial charge in [0.1, 0.15) is 11.7 Å². The van der Waals surface area contributed by atoms with E-state index in [0.29, 0.717) is 22.4 Å². The fraction of sp³-hybridized carbons (Fsp3) is 0.222. The third-order valence-corrected chi connectivity index (χ3v) is 4.77. The average molecular weight is 365 g/mol. The molecule has 3 N–H and O–H groups in total. The van der Waals surface area contributed by atoms with Crippen LogP contribution in [0.15, 0.2) is 30.6 Å². The third-order valence-electron chi connectivity index (χ3n) is 4.77. The number of amides is 4. The van der Waals surface area contributed by atoms with Gasteiger partial charge in [-0.3, -0.25) is 29.5 Å². The lowest BCUT2D eigenvalue weighted by atomic mass is 9.99. The number of fused-ring (bicyclic) bond motifs is 1. The van der Waals surface area contributed by atoms with Gasteiger partial charge in [-0.25, -0.2) is 4.98 Å². The Morgan fingerprint density at radius 1 is 1.15 bits per heavy atom. The van der Waals surface area contributed by atoms with Crippen molar-refractivity contribution in [1.82, 2.24) is 20.2 Å². The molecule has 9 nitrogen and oxygen atoms in total. The highest BCUT2D eigenvalue weighted by molar-refractivity contribution is 6.06. The Bertz CT molecular complexity index is 1000. The molecular formula is C18H15N5O4. The minimum Gasteiger partial charge on any atom is -0.364 e. The second-order valence-corrected chi connectivity index (χ2v) is 6.35. The topological polar surface area (TPSA) is 135 Å². The van der Waals surface area contributed by atoms with Crippen LogP contribution in [0.5, 0.6) is 0 Å². The molecule has 1 fully saturated rings. The summed E-state index contributed by atoms with van der Waals surface area (Å²) in [5.41, 5.74) is 7.34. The van der Waals surface area contributed by atoms with Gasteiger partial charge < -0.3 is 10.6 Å². The van der Waals surface area contributed by atoms with E-state index in [-0.39, 0.29) is 36.9 Å². The molecule has 4 rings (SSSR count). The van der Waals surface area contributed by atoms with Crippen molar-refractivity contribution in [3.63, 3.8) is 0 Å². The fourth-order valence-electron chi connectivity index (χ4n) is 3.52. The van der Waals surface area contributed by atoms with Gasteiger partial charge in [0.05, 0.1) is 0 Å². The largest absolute Gasteiger partial charge is 0.364 e. The Hall–Kier alpha value is -3.62. The number of carbonyl (C=O) groups is 4.